The summed E-state index contributed by atoms with van der Waals surface area (Å²) >= 11 is 0. The van der Waals surface area contributed by atoms with Crippen molar-refractivity contribution in [3.63, 3.8) is 0 Å². The van der Waals surface area contributed by atoms with Crippen molar-refractivity contribution in [2.24, 2.45) is 5.92 Å². The van der Waals surface area contributed by atoms with Crippen molar-refractivity contribution in [1.29, 1.82) is 0 Å². The average Bonchev–Trinajstić information content (AvgIpc) is 2.33. The standard InChI is InChI=1S/C15H28O2/c1-4-7-13-9-11-15(12-10-13,17-6-3)14(16)8-5-2/h13H,4-12H2,1-3H3. The fourth-order valence-corrected chi connectivity index (χ4v) is 3.08. The molecule has 0 atom stereocenters. The second-order valence-electron chi connectivity index (χ2n) is 5.33. The van der Waals surface area contributed by atoms with Crippen molar-refractivity contribution in [2.75, 3.05) is 6.61 Å². The second kappa shape index (κ2) is 7.15. The highest BCUT2D eigenvalue weighted by molar-refractivity contribution is 5.87. The monoisotopic (exact) mass is 240 g/mol. The molecule has 0 bridgehead atoms. The molecule has 0 unspecified atom stereocenters. The first-order valence-electron chi connectivity index (χ1n) is 7.35. The van der Waals surface area contributed by atoms with Gasteiger partial charge < -0.3 is 4.74 Å². The number of hydrogen-bond donors (Lipinski definition) is 0. The summed E-state index contributed by atoms with van der Waals surface area (Å²) in [5.41, 5.74) is -0.422. The van der Waals surface area contributed by atoms with Crippen LogP contribution in [0.2, 0.25) is 0 Å². The number of rotatable bonds is 7. The number of hydrogen-bond acceptors (Lipinski definition) is 2. The lowest BCUT2D eigenvalue weighted by molar-refractivity contribution is -0.150. The number of Topliss-reactive ketones (excluding diaryl/α,β-unsaturated/α-hetero) is 1. The van der Waals surface area contributed by atoms with E-state index in [1.165, 1.54) is 25.7 Å². The number of carbonyl (C=O) groups is 1. The third-order valence-electron chi connectivity index (χ3n) is 4.02. The molecular weight excluding hydrogens is 212 g/mol. The lowest BCUT2D eigenvalue weighted by atomic mass is 9.74. The quantitative estimate of drug-likeness (QED) is 0.669. The first-order chi connectivity index (χ1) is 8.18. The Morgan fingerprint density at radius 3 is 2.29 bits per heavy atom. The molecule has 100 valence electrons. The molecule has 2 nitrogen and oxygen atoms in total. The fraction of sp³-hybridized carbons (Fsp3) is 0.933. The van der Waals surface area contributed by atoms with Crippen LogP contribution in [0.1, 0.15) is 72.1 Å². The minimum Gasteiger partial charge on any atom is -0.368 e. The summed E-state index contributed by atoms with van der Waals surface area (Å²) in [4.78, 5) is 12.2. The van der Waals surface area contributed by atoms with Crippen molar-refractivity contribution >= 4 is 5.78 Å². The van der Waals surface area contributed by atoms with E-state index in [0.29, 0.717) is 18.8 Å². The molecule has 0 aromatic carbocycles. The third kappa shape index (κ3) is 3.80. The molecule has 1 rings (SSSR count). The number of ether oxygens (including phenoxy) is 1. The van der Waals surface area contributed by atoms with E-state index in [0.717, 1.165) is 25.2 Å². The molecule has 0 aliphatic heterocycles. The zero-order valence-electron chi connectivity index (χ0n) is 11.8. The summed E-state index contributed by atoms with van der Waals surface area (Å²) in [5.74, 6) is 1.17. The van der Waals surface area contributed by atoms with Gasteiger partial charge in [0.25, 0.3) is 0 Å². The zero-order valence-corrected chi connectivity index (χ0v) is 11.8. The molecule has 0 radical (unpaired) electrons. The van der Waals surface area contributed by atoms with Gasteiger partial charge in [-0.25, -0.2) is 0 Å². The van der Waals surface area contributed by atoms with Gasteiger partial charge in [-0.05, 0) is 44.9 Å². The molecule has 0 aromatic heterocycles. The van der Waals surface area contributed by atoms with E-state index in [4.69, 9.17) is 4.74 Å². The van der Waals surface area contributed by atoms with Crippen LogP contribution in [0.4, 0.5) is 0 Å². The maximum Gasteiger partial charge on any atom is 0.164 e. The molecule has 1 aliphatic rings. The van der Waals surface area contributed by atoms with Crippen molar-refractivity contribution in [3.8, 4) is 0 Å². The van der Waals surface area contributed by atoms with Gasteiger partial charge in [-0.2, -0.15) is 0 Å². The normalized spacial score (nSPS) is 29.2. The van der Waals surface area contributed by atoms with E-state index in [9.17, 15) is 4.79 Å². The smallest absolute Gasteiger partial charge is 0.164 e. The Bertz CT molecular complexity index is 227. The molecule has 2 heteroatoms. The number of carbonyl (C=O) groups excluding carboxylic acids is 1. The topological polar surface area (TPSA) is 26.3 Å². The van der Waals surface area contributed by atoms with Crippen molar-refractivity contribution in [2.45, 2.75) is 77.7 Å². The Morgan fingerprint density at radius 1 is 1.18 bits per heavy atom. The average molecular weight is 240 g/mol. The molecule has 0 N–H and O–H groups in total. The summed E-state index contributed by atoms with van der Waals surface area (Å²) < 4.78 is 5.86. The van der Waals surface area contributed by atoms with Crippen LogP contribution in [0.25, 0.3) is 0 Å². The van der Waals surface area contributed by atoms with Crippen LogP contribution in [0.3, 0.4) is 0 Å². The third-order valence-corrected chi connectivity index (χ3v) is 4.02. The first kappa shape index (κ1) is 14.7. The summed E-state index contributed by atoms with van der Waals surface area (Å²) in [5, 5.41) is 0. The first-order valence-corrected chi connectivity index (χ1v) is 7.35. The van der Waals surface area contributed by atoms with E-state index in [2.05, 4.69) is 13.8 Å². The van der Waals surface area contributed by atoms with Crippen LogP contribution in [0.15, 0.2) is 0 Å². The van der Waals surface area contributed by atoms with Crippen LogP contribution < -0.4 is 0 Å². The van der Waals surface area contributed by atoms with Gasteiger partial charge in [0.05, 0.1) is 0 Å². The molecule has 1 aliphatic carbocycles. The fourth-order valence-electron chi connectivity index (χ4n) is 3.08. The predicted molar refractivity (Wildman–Crippen MR) is 71.1 cm³/mol. The van der Waals surface area contributed by atoms with Crippen LogP contribution in [0.5, 0.6) is 0 Å². The minimum absolute atomic E-state index is 0.344. The van der Waals surface area contributed by atoms with Gasteiger partial charge in [-0.15, -0.1) is 0 Å². The SMILES string of the molecule is CCCC(=O)C1(OCC)CCC(CCC)CC1. The van der Waals surface area contributed by atoms with Gasteiger partial charge in [-0.3, -0.25) is 4.79 Å². The van der Waals surface area contributed by atoms with Crippen LogP contribution in [-0.4, -0.2) is 18.0 Å². The summed E-state index contributed by atoms with van der Waals surface area (Å²) in [6.45, 7) is 6.97. The van der Waals surface area contributed by atoms with Crippen LogP contribution >= 0.6 is 0 Å². The van der Waals surface area contributed by atoms with E-state index >= 15 is 0 Å². The molecule has 0 heterocycles. The molecule has 0 spiro atoms. The molecule has 1 fully saturated rings. The zero-order chi connectivity index (χ0) is 12.7. The second-order valence-corrected chi connectivity index (χ2v) is 5.33. The molecule has 17 heavy (non-hydrogen) atoms. The van der Waals surface area contributed by atoms with Gasteiger partial charge in [0.2, 0.25) is 0 Å². The Kier molecular flexibility index (Phi) is 6.18. The Balaban J connectivity index is 2.59. The van der Waals surface area contributed by atoms with Crippen LogP contribution in [-0.2, 0) is 9.53 Å². The van der Waals surface area contributed by atoms with Gasteiger partial charge in [0.1, 0.15) is 5.60 Å². The lowest BCUT2D eigenvalue weighted by Crippen LogP contribution is -2.44. The highest BCUT2D eigenvalue weighted by Gasteiger charge is 2.41. The summed E-state index contributed by atoms with van der Waals surface area (Å²) in [7, 11) is 0. The molecular formula is C15H28O2. The van der Waals surface area contributed by atoms with Gasteiger partial charge in [0.15, 0.2) is 5.78 Å². The van der Waals surface area contributed by atoms with E-state index in [1.54, 1.807) is 0 Å². The van der Waals surface area contributed by atoms with Crippen molar-refractivity contribution in [3.05, 3.63) is 0 Å². The maximum absolute atomic E-state index is 12.2. The molecule has 0 amide bonds. The largest absolute Gasteiger partial charge is 0.368 e. The molecule has 0 aromatic rings. The van der Waals surface area contributed by atoms with E-state index < -0.39 is 5.60 Å². The summed E-state index contributed by atoms with van der Waals surface area (Å²) in [6, 6.07) is 0. The van der Waals surface area contributed by atoms with Gasteiger partial charge in [-0.1, -0.05) is 26.7 Å². The minimum atomic E-state index is -0.422. The van der Waals surface area contributed by atoms with Crippen molar-refractivity contribution in [1.82, 2.24) is 0 Å². The Morgan fingerprint density at radius 2 is 1.82 bits per heavy atom. The molecule has 1 saturated carbocycles. The van der Waals surface area contributed by atoms with E-state index in [1.807, 2.05) is 6.92 Å². The van der Waals surface area contributed by atoms with Gasteiger partial charge >= 0.3 is 0 Å². The highest BCUT2D eigenvalue weighted by atomic mass is 16.5. The summed E-state index contributed by atoms with van der Waals surface area (Å²) in [6.07, 6.45) is 8.42. The lowest BCUT2D eigenvalue weighted by Gasteiger charge is -2.38. The predicted octanol–water partition coefficient (Wildman–Crippen LogP) is 4.12. The highest BCUT2D eigenvalue weighted by Crippen LogP contribution is 2.38. The van der Waals surface area contributed by atoms with Crippen molar-refractivity contribution < 1.29 is 9.53 Å². The van der Waals surface area contributed by atoms with Gasteiger partial charge in [0, 0.05) is 13.0 Å². The number of ketones is 1. The Labute approximate surface area is 106 Å². The Hall–Kier alpha value is -0.370. The van der Waals surface area contributed by atoms with Crippen LogP contribution in [0, 0.1) is 5.92 Å². The van der Waals surface area contributed by atoms with E-state index in [-0.39, 0.29) is 0 Å². The maximum atomic E-state index is 12.2. The molecule has 0 saturated heterocycles.